The number of nitrogens with one attached hydrogen (secondary N) is 1. The van der Waals surface area contributed by atoms with E-state index in [1.54, 1.807) is 0 Å². The third kappa shape index (κ3) is 3.89. The molecule has 2 aliphatic carbocycles. The van der Waals surface area contributed by atoms with E-state index in [1.165, 1.54) is 0 Å². The number of hydrogen-bond acceptors (Lipinski definition) is 2. The highest BCUT2D eigenvalue weighted by Crippen LogP contribution is 2.41. The summed E-state index contributed by atoms with van der Waals surface area (Å²) in [6, 6.07) is -0.311. The van der Waals surface area contributed by atoms with E-state index in [4.69, 9.17) is 5.11 Å². The van der Waals surface area contributed by atoms with Crippen molar-refractivity contribution in [3.05, 3.63) is 0 Å². The molecule has 7 heteroatoms. The smallest absolute Gasteiger partial charge is 0.392 e. The van der Waals surface area contributed by atoms with Gasteiger partial charge in [0.25, 0.3) is 0 Å². The Balaban J connectivity index is 1.94. The fourth-order valence-corrected chi connectivity index (χ4v) is 3.48. The summed E-state index contributed by atoms with van der Waals surface area (Å²) >= 11 is 0. The van der Waals surface area contributed by atoms with Crippen LogP contribution in [-0.4, -0.2) is 29.2 Å². The van der Waals surface area contributed by atoms with Crippen LogP contribution in [0, 0.1) is 17.8 Å². The fraction of sp³-hybridized carbons (Fsp3) is 0.857. The topological polar surface area (TPSA) is 66.4 Å². The lowest BCUT2D eigenvalue weighted by Crippen LogP contribution is -2.45. The molecule has 0 saturated heterocycles. The molecule has 0 aromatic rings. The Morgan fingerprint density at radius 1 is 1.05 bits per heavy atom. The minimum Gasteiger partial charge on any atom is -0.481 e. The van der Waals surface area contributed by atoms with E-state index in [0.717, 1.165) is 0 Å². The summed E-state index contributed by atoms with van der Waals surface area (Å²) in [6.45, 7) is 0. The van der Waals surface area contributed by atoms with Gasteiger partial charge in [0, 0.05) is 12.0 Å². The Morgan fingerprint density at radius 3 is 2.29 bits per heavy atom. The minimum absolute atomic E-state index is 0.00397. The number of halogens is 3. The van der Waals surface area contributed by atoms with Crippen molar-refractivity contribution >= 4 is 11.9 Å². The zero-order valence-corrected chi connectivity index (χ0v) is 11.7. The molecule has 0 spiro atoms. The second-order valence-corrected chi connectivity index (χ2v) is 6.09. The summed E-state index contributed by atoms with van der Waals surface area (Å²) in [5.74, 6) is -4.56. The van der Waals surface area contributed by atoms with Crippen LogP contribution in [0.3, 0.4) is 0 Å². The van der Waals surface area contributed by atoms with Gasteiger partial charge in [0.15, 0.2) is 0 Å². The van der Waals surface area contributed by atoms with E-state index in [-0.39, 0.29) is 18.9 Å². The summed E-state index contributed by atoms with van der Waals surface area (Å²) in [5.41, 5.74) is 0. The lowest BCUT2D eigenvalue weighted by Gasteiger charge is -2.32. The van der Waals surface area contributed by atoms with Gasteiger partial charge in [0.1, 0.15) is 0 Å². The van der Waals surface area contributed by atoms with Gasteiger partial charge in [-0.3, -0.25) is 9.59 Å². The Hall–Kier alpha value is -1.27. The first-order chi connectivity index (χ1) is 9.79. The molecule has 2 unspecified atom stereocenters. The Labute approximate surface area is 121 Å². The number of rotatable bonds is 3. The largest absolute Gasteiger partial charge is 0.481 e. The van der Waals surface area contributed by atoms with Crippen LogP contribution in [0.1, 0.15) is 44.9 Å². The van der Waals surface area contributed by atoms with E-state index in [2.05, 4.69) is 5.32 Å². The van der Waals surface area contributed by atoms with Crippen LogP contribution < -0.4 is 5.32 Å². The van der Waals surface area contributed by atoms with Crippen molar-refractivity contribution in [1.82, 2.24) is 5.32 Å². The van der Waals surface area contributed by atoms with Crippen molar-refractivity contribution in [2.24, 2.45) is 17.8 Å². The highest BCUT2D eigenvalue weighted by molar-refractivity contribution is 5.79. The number of carboxylic acids is 1. The van der Waals surface area contributed by atoms with Gasteiger partial charge >= 0.3 is 12.1 Å². The predicted molar refractivity (Wildman–Crippen MR) is 68.4 cm³/mol. The molecule has 2 aliphatic rings. The molecule has 0 bridgehead atoms. The number of alkyl halides is 3. The maximum absolute atomic E-state index is 13.0. The second-order valence-electron chi connectivity index (χ2n) is 6.09. The van der Waals surface area contributed by atoms with Crippen molar-refractivity contribution < 1.29 is 27.9 Å². The summed E-state index contributed by atoms with van der Waals surface area (Å²) < 4.78 is 38.9. The number of carbonyl (C=O) groups excluding carboxylic acids is 1. The lowest BCUT2D eigenvalue weighted by atomic mass is 9.78. The van der Waals surface area contributed by atoms with Crippen LogP contribution in [-0.2, 0) is 9.59 Å². The number of carboxylic acid groups (broad SMARTS) is 1. The summed E-state index contributed by atoms with van der Waals surface area (Å²) in [6.07, 6.45) is -1.66. The fourth-order valence-electron chi connectivity index (χ4n) is 3.48. The van der Waals surface area contributed by atoms with E-state index in [1.807, 2.05) is 0 Å². The molecule has 0 aliphatic heterocycles. The van der Waals surface area contributed by atoms with Gasteiger partial charge < -0.3 is 10.4 Å². The van der Waals surface area contributed by atoms with Crippen molar-refractivity contribution in [1.29, 1.82) is 0 Å². The third-order valence-electron chi connectivity index (χ3n) is 4.65. The molecule has 1 amide bonds. The number of amides is 1. The minimum atomic E-state index is -4.35. The summed E-state index contributed by atoms with van der Waals surface area (Å²) in [7, 11) is 0. The van der Waals surface area contributed by atoms with Crippen LogP contribution in [0.5, 0.6) is 0 Å². The zero-order valence-electron chi connectivity index (χ0n) is 11.7. The van der Waals surface area contributed by atoms with Crippen molar-refractivity contribution in [2.75, 3.05) is 0 Å². The van der Waals surface area contributed by atoms with Gasteiger partial charge in [-0.25, -0.2) is 0 Å². The lowest BCUT2D eigenvalue weighted by molar-refractivity contribution is -0.198. The molecule has 2 fully saturated rings. The maximum Gasteiger partial charge on any atom is 0.392 e. The molecule has 4 atom stereocenters. The zero-order chi connectivity index (χ0) is 15.6. The summed E-state index contributed by atoms with van der Waals surface area (Å²) in [5, 5.41) is 11.5. The van der Waals surface area contributed by atoms with Gasteiger partial charge in [-0.1, -0.05) is 12.8 Å². The van der Waals surface area contributed by atoms with Crippen molar-refractivity contribution in [2.45, 2.75) is 57.2 Å². The quantitative estimate of drug-likeness (QED) is 0.842. The van der Waals surface area contributed by atoms with Crippen molar-refractivity contribution in [3.63, 3.8) is 0 Å². The molecule has 2 rings (SSSR count). The molecular weight excluding hydrogens is 287 g/mol. The monoisotopic (exact) mass is 307 g/mol. The molecule has 4 nitrogen and oxygen atoms in total. The van der Waals surface area contributed by atoms with E-state index in [9.17, 15) is 22.8 Å². The van der Waals surface area contributed by atoms with Crippen LogP contribution in [0.4, 0.5) is 13.2 Å². The van der Waals surface area contributed by atoms with E-state index < -0.39 is 35.8 Å². The Bertz CT molecular complexity index is 411. The first-order valence-corrected chi connectivity index (χ1v) is 7.39. The normalized spacial score (nSPS) is 33.7. The molecule has 2 saturated carbocycles. The standard InChI is InChI=1S/C14H20F3NO3/c15-14(16,17)11-4-2-1-3-10(11)12(19)18-9-6-5-8(7-9)13(20)21/h8-11H,1-7H2,(H,18,19)(H,20,21)/t8-,9+,10?,11?/m1/s1. The van der Waals surface area contributed by atoms with E-state index in [0.29, 0.717) is 32.1 Å². The average Bonchev–Trinajstić information content (AvgIpc) is 2.86. The molecule has 21 heavy (non-hydrogen) atoms. The third-order valence-corrected chi connectivity index (χ3v) is 4.65. The maximum atomic E-state index is 13.0. The molecule has 0 heterocycles. The Morgan fingerprint density at radius 2 is 1.71 bits per heavy atom. The van der Waals surface area contributed by atoms with Gasteiger partial charge in [0.05, 0.1) is 11.8 Å². The van der Waals surface area contributed by atoms with Gasteiger partial charge in [-0.05, 0) is 32.1 Å². The van der Waals surface area contributed by atoms with Crippen LogP contribution in [0.15, 0.2) is 0 Å². The SMILES string of the molecule is O=C(N[C@H]1CC[C@@H](C(=O)O)C1)C1CCCCC1C(F)(F)F. The first-order valence-electron chi connectivity index (χ1n) is 7.39. The molecule has 0 aromatic heterocycles. The molecule has 0 radical (unpaired) electrons. The molecular formula is C14H20F3NO3. The van der Waals surface area contributed by atoms with Crippen LogP contribution >= 0.6 is 0 Å². The predicted octanol–water partition coefficient (Wildman–Crippen LogP) is 2.72. The second kappa shape index (κ2) is 6.23. The number of carbonyl (C=O) groups is 2. The van der Waals surface area contributed by atoms with Crippen LogP contribution in [0.2, 0.25) is 0 Å². The Kier molecular flexibility index (Phi) is 4.78. The van der Waals surface area contributed by atoms with Crippen molar-refractivity contribution in [3.8, 4) is 0 Å². The van der Waals surface area contributed by atoms with Gasteiger partial charge in [0.2, 0.25) is 5.91 Å². The number of aliphatic carboxylic acids is 1. The highest BCUT2D eigenvalue weighted by atomic mass is 19.4. The molecule has 120 valence electrons. The van der Waals surface area contributed by atoms with Gasteiger partial charge in [-0.2, -0.15) is 13.2 Å². The highest BCUT2D eigenvalue weighted by Gasteiger charge is 2.48. The summed E-state index contributed by atoms with van der Waals surface area (Å²) in [4.78, 5) is 23.0. The van der Waals surface area contributed by atoms with Gasteiger partial charge in [-0.15, -0.1) is 0 Å². The first kappa shape index (κ1) is 16.1. The average molecular weight is 307 g/mol. The molecule has 0 aromatic carbocycles. The number of hydrogen-bond donors (Lipinski definition) is 2. The van der Waals surface area contributed by atoms with E-state index >= 15 is 0 Å². The van der Waals surface area contributed by atoms with Crippen LogP contribution in [0.25, 0.3) is 0 Å². The molecule has 2 N–H and O–H groups in total.